The van der Waals surface area contributed by atoms with Gasteiger partial charge in [0.05, 0.1) is 11.1 Å². The average molecular weight is 493 g/mol. The number of rotatable bonds is 1. The first-order chi connectivity index (χ1) is 16.8. The van der Waals surface area contributed by atoms with E-state index in [0.29, 0.717) is 16.9 Å². The number of alkyl halides is 3. The van der Waals surface area contributed by atoms with E-state index in [1.165, 1.54) is 17.0 Å². The molecule has 184 valence electrons. The molecule has 9 heteroatoms. The zero-order chi connectivity index (χ0) is 26.2. The van der Waals surface area contributed by atoms with Crippen LogP contribution >= 0.6 is 0 Å². The van der Waals surface area contributed by atoms with Gasteiger partial charge in [0.1, 0.15) is 17.3 Å². The van der Waals surface area contributed by atoms with Crippen molar-refractivity contribution in [1.82, 2.24) is 0 Å². The van der Waals surface area contributed by atoms with Gasteiger partial charge in [0.25, 0.3) is 0 Å². The number of nitriles is 1. The van der Waals surface area contributed by atoms with Gasteiger partial charge in [0, 0.05) is 34.6 Å². The Morgan fingerprint density at radius 1 is 1.11 bits per heavy atom. The van der Waals surface area contributed by atoms with Crippen molar-refractivity contribution in [3.63, 3.8) is 0 Å². The van der Waals surface area contributed by atoms with E-state index in [1.54, 1.807) is 18.2 Å². The topological polar surface area (TPSA) is 99.2 Å². The first kappa shape index (κ1) is 23.7. The Hall–Kier alpha value is -4.06. The highest BCUT2D eigenvalue weighted by Crippen LogP contribution is 2.57. The van der Waals surface area contributed by atoms with E-state index in [9.17, 15) is 28.0 Å². The second-order valence-corrected chi connectivity index (χ2v) is 10.3. The second kappa shape index (κ2) is 7.47. The molecule has 1 aliphatic carbocycles. The van der Waals surface area contributed by atoms with E-state index < -0.39 is 28.5 Å². The molecular weight excluding hydrogens is 469 g/mol. The van der Waals surface area contributed by atoms with E-state index in [1.807, 2.05) is 26.8 Å². The van der Waals surface area contributed by atoms with Gasteiger partial charge < -0.3 is 11.1 Å². The van der Waals surface area contributed by atoms with Gasteiger partial charge in [-0.2, -0.15) is 18.4 Å². The molecule has 0 saturated carbocycles. The molecule has 3 N–H and O–H groups in total. The quantitative estimate of drug-likeness (QED) is 0.580. The van der Waals surface area contributed by atoms with Crippen LogP contribution in [-0.2, 0) is 21.2 Å². The van der Waals surface area contributed by atoms with Gasteiger partial charge in [-0.3, -0.25) is 14.5 Å². The van der Waals surface area contributed by atoms with Crippen molar-refractivity contribution in [1.29, 1.82) is 5.26 Å². The summed E-state index contributed by atoms with van der Waals surface area (Å²) in [6, 6.07) is 11.9. The highest BCUT2D eigenvalue weighted by Gasteiger charge is 2.61. The molecule has 0 bridgehead atoms. The number of benzene rings is 2. The first-order valence-electron chi connectivity index (χ1n) is 11.4. The summed E-state index contributed by atoms with van der Waals surface area (Å²) in [6.07, 6.45) is -4.23. The summed E-state index contributed by atoms with van der Waals surface area (Å²) in [5.74, 6) is -1.10. The highest BCUT2D eigenvalue weighted by molar-refractivity contribution is 6.20. The number of nitrogens with one attached hydrogen (secondary N) is 1. The predicted octanol–water partition coefficient (Wildman–Crippen LogP) is 5.06. The summed E-state index contributed by atoms with van der Waals surface area (Å²) in [6.45, 7) is 5.57. The van der Waals surface area contributed by atoms with Crippen molar-refractivity contribution in [2.24, 2.45) is 11.1 Å². The number of hydrogen-bond acceptors (Lipinski definition) is 5. The molecule has 0 saturated heterocycles. The van der Waals surface area contributed by atoms with E-state index in [0.717, 1.165) is 17.7 Å². The molecule has 0 aromatic heterocycles. The number of Topliss-reactive ketones (excluding diaryl/α,β-unsaturated/α-hetero) is 1. The summed E-state index contributed by atoms with van der Waals surface area (Å²) >= 11 is 0. The highest BCUT2D eigenvalue weighted by atomic mass is 19.4. The molecular formula is C27H23F3N4O2. The van der Waals surface area contributed by atoms with Crippen LogP contribution in [0.25, 0.3) is 0 Å². The van der Waals surface area contributed by atoms with Crippen LogP contribution in [0.2, 0.25) is 0 Å². The maximum Gasteiger partial charge on any atom is 0.416 e. The zero-order valence-electron chi connectivity index (χ0n) is 19.9. The third kappa shape index (κ3) is 3.17. The number of nitrogens with zero attached hydrogens (tertiary/aromatic N) is 2. The molecule has 2 heterocycles. The Kier molecular flexibility index (Phi) is 4.91. The second-order valence-electron chi connectivity index (χ2n) is 10.3. The third-order valence-electron chi connectivity index (χ3n) is 7.08. The number of carbonyl (C=O) groups is 2. The van der Waals surface area contributed by atoms with Gasteiger partial charge >= 0.3 is 6.18 Å². The molecule has 2 aliphatic heterocycles. The summed E-state index contributed by atoms with van der Waals surface area (Å²) in [5.41, 5.74) is 5.34. The summed E-state index contributed by atoms with van der Waals surface area (Å²) in [7, 11) is 0. The number of halogens is 3. The smallest absolute Gasteiger partial charge is 0.384 e. The lowest BCUT2D eigenvalue weighted by Crippen LogP contribution is -2.52. The van der Waals surface area contributed by atoms with Gasteiger partial charge in [-0.25, -0.2) is 0 Å². The third-order valence-corrected chi connectivity index (χ3v) is 7.08. The predicted molar refractivity (Wildman–Crippen MR) is 127 cm³/mol. The molecule has 6 nitrogen and oxygen atoms in total. The van der Waals surface area contributed by atoms with Crippen molar-refractivity contribution < 1.29 is 22.8 Å². The van der Waals surface area contributed by atoms with Crippen LogP contribution in [0.4, 0.5) is 24.5 Å². The SMILES string of the molecule is Cc1ccc2c(c1)C1(C(=O)N2)C(C#N)=C(N)N(c2cccc(C(F)(F)F)c2)C2=C1C(=O)CC(C)(C)C2. The number of carbonyl (C=O) groups excluding carboxylic acids is 2. The maximum atomic E-state index is 13.8. The first-order valence-corrected chi connectivity index (χ1v) is 11.4. The molecule has 2 aromatic carbocycles. The fourth-order valence-electron chi connectivity index (χ4n) is 5.65. The number of hydrogen-bond donors (Lipinski definition) is 2. The largest absolute Gasteiger partial charge is 0.416 e. The number of amides is 1. The Labute approximate surface area is 205 Å². The van der Waals surface area contributed by atoms with E-state index >= 15 is 0 Å². The van der Waals surface area contributed by atoms with Gasteiger partial charge in [-0.15, -0.1) is 0 Å². The molecule has 1 unspecified atom stereocenters. The van der Waals surface area contributed by atoms with Crippen molar-refractivity contribution in [3.05, 3.63) is 81.8 Å². The number of allylic oxidation sites excluding steroid dienone is 1. The number of ketones is 1. The molecule has 0 radical (unpaired) electrons. The van der Waals surface area contributed by atoms with Crippen LogP contribution in [0, 0.1) is 23.7 Å². The van der Waals surface area contributed by atoms with Crippen LogP contribution in [0.15, 0.2) is 65.1 Å². The summed E-state index contributed by atoms with van der Waals surface area (Å²) in [4.78, 5) is 28.9. The van der Waals surface area contributed by atoms with Crippen LogP contribution in [0.3, 0.4) is 0 Å². The molecule has 2 aromatic rings. The molecule has 1 spiro atoms. The molecule has 1 atom stereocenters. The Bertz CT molecular complexity index is 1460. The lowest BCUT2D eigenvalue weighted by atomic mass is 9.60. The number of anilines is 2. The minimum Gasteiger partial charge on any atom is -0.384 e. The van der Waals surface area contributed by atoms with E-state index in [2.05, 4.69) is 5.32 Å². The van der Waals surface area contributed by atoms with Crippen LogP contribution in [-0.4, -0.2) is 11.7 Å². The normalized spacial score (nSPS) is 23.0. The Balaban J connectivity index is 1.88. The lowest BCUT2D eigenvalue weighted by Gasteiger charge is -2.46. The van der Waals surface area contributed by atoms with E-state index in [-0.39, 0.29) is 41.3 Å². The Morgan fingerprint density at radius 3 is 2.50 bits per heavy atom. The lowest BCUT2D eigenvalue weighted by molar-refractivity contribution is -0.137. The molecule has 5 rings (SSSR count). The van der Waals surface area contributed by atoms with Crippen molar-refractivity contribution in [3.8, 4) is 6.07 Å². The molecule has 1 amide bonds. The fraction of sp³-hybridized carbons (Fsp3) is 0.296. The van der Waals surface area contributed by atoms with Gasteiger partial charge in [0.2, 0.25) is 5.91 Å². The zero-order valence-corrected chi connectivity index (χ0v) is 19.9. The van der Waals surface area contributed by atoms with Gasteiger partial charge in [-0.05, 0) is 43.0 Å². The standard InChI is InChI=1S/C27H23F3N4O2/c1-14-7-8-19-17(9-14)26(24(36)33-19)18(13-31)23(32)34(16-6-4-5-15(10-16)27(28,29)30)20-11-25(2,3)12-21(35)22(20)26/h4-10H,11-12,32H2,1-3H3,(H,33,36). The number of fused-ring (bicyclic) bond motifs is 3. The summed E-state index contributed by atoms with van der Waals surface area (Å²) < 4.78 is 40.7. The molecule has 3 aliphatic rings. The van der Waals surface area contributed by atoms with Crippen molar-refractivity contribution in [2.45, 2.75) is 45.2 Å². The van der Waals surface area contributed by atoms with Gasteiger partial charge in [0.15, 0.2) is 5.78 Å². The maximum absolute atomic E-state index is 13.8. The monoisotopic (exact) mass is 492 g/mol. The van der Waals surface area contributed by atoms with E-state index in [4.69, 9.17) is 5.73 Å². The fourth-order valence-corrected chi connectivity index (χ4v) is 5.65. The molecule has 36 heavy (non-hydrogen) atoms. The van der Waals surface area contributed by atoms with Crippen LogP contribution in [0.1, 0.15) is 43.4 Å². The average Bonchev–Trinajstić information content (AvgIpc) is 3.04. The van der Waals surface area contributed by atoms with Crippen molar-refractivity contribution in [2.75, 3.05) is 10.2 Å². The number of nitrogens with two attached hydrogens (primary N) is 1. The van der Waals surface area contributed by atoms with Crippen LogP contribution < -0.4 is 16.0 Å². The summed E-state index contributed by atoms with van der Waals surface area (Å²) in [5, 5.41) is 13.1. The van der Waals surface area contributed by atoms with Crippen LogP contribution in [0.5, 0.6) is 0 Å². The van der Waals surface area contributed by atoms with Crippen molar-refractivity contribution >= 4 is 23.1 Å². The number of aryl methyl sites for hydroxylation is 1. The minimum absolute atomic E-state index is 0.0609. The van der Waals surface area contributed by atoms with Gasteiger partial charge in [-0.1, -0.05) is 37.6 Å². The Morgan fingerprint density at radius 2 is 1.83 bits per heavy atom. The minimum atomic E-state index is -4.61. The molecule has 0 fully saturated rings.